The van der Waals surface area contributed by atoms with Crippen LogP contribution in [0.2, 0.25) is 0 Å². The van der Waals surface area contributed by atoms with Crippen LogP contribution in [0.15, 0.2) is 46.9 Å². The normalized spacial score (nSPS) is 10.7. The van der Waals surface area contributed by atoms with Crippen molar-refractivity contribution in [1.82, 2.24) is 0 Å². The second kappa shape index (κ2) is 6.90. The van der Waals surface area contributed by atoms with Gasteiger partial charge in [0.15, 0.2) is 12.4 Å². The molecule has 0 spiro atoms. The molecule has 0 heterocycles. The minimum Gasteiger partial charge on any atom is -0.485 e. The summed E-state index contributed by atoms with van der Waals surface area (Å²) in [5.41, 5.74) is 2.92. The Morgan fingerprint density at radius 2 is 1.81 bits per heavy atom. The van der Waals surface area contributed by atoms with Gasteiger partial charge in [0.25, 0.3) is 0 Å². The Balaban J connectivity index is 2.07. The molecule has 0 fully saturated rings. The molecule has 0 radical (unpaired) electrons. The first kappa shape index (κ1) is 15.8. The van der Waals surface area contributed by atoms with Gasteiger partial charge in [0, 0.05) is 10.0 Å². The summed E-state index contributed by atoms with van der Waals surface area (Å²) in [4.78, 5) is 12.1. The number of halogens is 1. The van der Waals surface area contributed by atoms with Crippen LogP contribution in [-0.2, 0) is 0 Å². The van der Waals surface area contributed by atoms with Crippen molar-refractivity contribution in [2.24, 2.45) is 0 Å². The lowest BCUT2D eigenvalue weighted by atomic mass is 10.0. The van der Waals surface area contributed by atoms with Gasteiger partial charge >= 0.3 is 0 Å². The van der Waals surface area contributed by atoms with Crippen LogP contribution in [0.25, 0.3) is 0 Å². The number of aryl methyl sites for hydroxylation is 1. The van der Waals surface area contributed by atoms with E-state index in [1.807, 2.05) is 31.2 Å². The number of hydrogen-bond acceptors (Lipinski definition) is 2. The highest BCUT2D eigenvalue weighted by Crippen LogP contribution is 2.24. The topological polar surface area (TPSA) is 26.3 Å². The van der Waals surface area contributed by atoms with E-state index in [0.29, 0.717) is 11.5 Å². The molecule has 2 rings (SSSR count). The molecule has 0 aliphatic carbocycles. The van der Waals surface area contributed by atoms with Gasteiger partial charge in [0.2, 0.25) is 0 Å². The summed E-state index contributed by atoms with van der Waals surface area (Å²) in [6.45, 7) is 6.33. The Bertz CT molecular complexity index is 630. The van der Waals surface area contributed by atoms with E-state index in [9.17, 15) is 4.79 Å². The molecule has 2 aromatic rings. The number of ketones is 1. The fourth-order valence-electron chi connectivity index (χ4n) is 1.99. The summed E-state index contributed by atoms with van der Waals surface area (Å²) in [7, 11) is 0. The van der Waals surface area contributed by atoms with E-state index >= 15 is 0 Å². The number of rotatable bonds is 5. The van der Waals surface area contributed by atoms with E-state index in [1.165, 1.54) is 5.56 Å². The third-order valence-corrected chi connectivity index (χ3v) is 3.93. The van der Waals surface area contributed by atoms with Crippen molar-refractivity contribution < 1.29 is 9.53 Å². The zero-order valence-electron chi connectivity index (χ0n) is 12.5. The SMILES string of the molecule is Cc1ccc(C(C)C)cc1OCC(=O)c1ccc(Br)cc1. The zero-order valence-corrected chi connectivity index (χ0v) is 14.1. The summed E-state index contributed by atoms with van der Waals surface area (Å²) in [5.74, 6) is 1.21. The lowest BCUT2D eigenvalue weighted by molar-refractivity contribution is 0.0921. The molecule has 0 saturated heterocycles. The molecule has 0 bridgehead atoms. The molecule has 0 aromatic heterocycles. The standard InChI is InChI=1S/C18H19BrO2/c1-12(2)15-5-4-13(3)18(10-15)21-11-17(20)14-6-8-16(19)9-7-14/h4-10,12H,11H2,1-3H3. The average Bonchev–Trinajstić information content (AvgIpc) is 2.46. The van der Waals surface area contributed by atoms with Gasteiger partial charge in [0.05, 0.1) is 0 Å². The fourth-order valence-corrected chi connectivity index (χ4v) is 2.26. The summed E-state index contributed by atoms with van der Waals surface area (Å²) in [6, 6.07) is 13.5. The van der Waals surface area contributed by atoms with Crippen molar-refractivity contribution in [2.45, 2.75) is 26.7 Å². The highest BCUT2D eigenvalue weighted by molar-refractivity contribution is 9.10. The van der Waals surface area contributed by atoms with Crippen molar-refractivity contribution in [3.63, 3.8) is 0 Å². The third-order valence-electron chi connectivity index (χ3n) is 3.40. The summed E-state index contributed by atoms with van der Waals surface area (Å²) in [5, 5.41) is 0. The van der Waals surface area contributed by atoms with E-state index in [4.69, 9.17) is 4.74 Å². The monoisotopic (exact) mass is 346 g/mol. The van der Waals surface area contributed by atoms with Gasteiger partial charge in [-0.05, 0) is 42.2 Å². The van der Waals surface area contributed by atoms with Gasteiger partial charge in [-0.15, -0.1) is 0 Å². The maximum absolute atomic E-state index is 12.1. The number of hydrogen-bond donors (Lipinski definition) is 0. The van der Waals surface area contributed by atoms with Crippen LogP contribution in [-0.4, -0.2) is 12.4 Å². The molecular formula is C18H19BrO2. The Morgan fingerprint density at radius 1 is 1.14 bits per heavy atom. The molecule has 21 heavy (non-hydrogen) atoms. The Hall–Kier alpha value is -1.61. The van der Waals surface area contributed by atoms with Gasteiger partial charge in [-0.2, -0.15) is 0 Å². The van der Waals surface area contributed by atoms with Crippen LogP contribution in [0, 0.1) is 6.92 Å². The minimum atomic E-state index is -0.0168. The Morgan fingerprint density at radius 3 is 2.43 bits per heavy atom. The van der Waals surface area contributed by atoms with Crippen LogP contribution in [0.1, 0.15) is 41.3 Å². The molecule has 2 aromatic carbocycles. The first-order valence-electron chi connectivity index (χ1n) is 6.99. The van der Waals surface area contributed by atoms with Gasteiger partial charge < -0.3 is 4.74 Å². The van der Waals surface area contributed by atoms with Gasteiger partial charge in [-0.1, -0.05) is 54.0 Å². The number of Topliss-reactive ketones (excluding diaryl/α,β-unsaturated/α-hetero) is 1. The van der Waals surface area contributed by atoms with Crippen molar-refractivity contribution in [3.8, 4) is 5.75 Å². The van der Waals surface area contributed by atoms with Crippen LogP contribution in [0.3, 0.4) is 0 Å². The quantitative estimate of drug-likeness (QED) is 0.700. The van der Waals surface area contributed by atoms with Crippen LogP contribution in [0.4, 0.5) is 0 Å². The number of carbonyl (C=O) groups is 1. The van der Waals surface area contributed by atoms with Crippen molar-refractivity contribution in [2.75, 3.05) is 6.61 Å². The average molecular weight is 347 g/mol. The highest BCUT2D eigenvalue weighted by Gasteiger charge is 2.09. The molecule has 0 unspecified atom stereocenters. The van der Waals surface area contributed by atoms with E-state index in [1.54, 1.807) is 12.1 Å². The molecule has 0 saturated carbocycles. The maximum Gasteiger partial charge on any atom is 0.200 e. The molecule has 0 atom stereocenters. The predicted octanol–water partition coefficient (Wildman–Crippen LogP) is 5.14. The maximum atomic E-state index is 12.1. The zero-order chi connectivity index (χ0) is 15.4. The highest BCUT2D eigenvalue weighted by atomic mass is 79.9. The molecule has 110 valence electrons. The van der Waals surface area contributed by atoms with E-state index in [2.05, 4.69) is 35.8 Å². The molecule has 0 amide bonds. The second-order valence-electron chi connectivity index (χ2n) is 5.40. The minimum absolute atomic E-state index is 0.0168. The van der Waals surface area contributed by atoms with Crippen molar-refractivity contribution >= 4 is 21.7 Å². The molecule has 0 aliphatic heterocycles. The fraction of sp³-hybridized carbons (Fsp3) is 0.278. The van der Waals surface area contributed by atoms with Crippen LogP contribution >= 0.6 is 15.9 Å². The van der Waals surface area contributed by atoms with E-state index < -0.39 is 0 Å². The van der Waals surface area contributed by atoms with Crippen LogP contribution in [0.5, 0.6) is 5.75 Å². The Labute approximate surface area is 134 Å². The molecule has 2 nitrogen and oxygen atoms in total. The van der Waals surface area contributed by atoms with Crippen LogP contribution < -0.4 is 4.74 Å². The van der Waals surface area contributed by atoms with E-state index in [0.717, 1.165) is 15.8 Å². The number of carbonyl (C=O) groups excluding carboxylic acids is 1. The molecule has 0 aliphatic rings. The van der Waals surface area contributed by atoms with Gasteiger partial charge in [-0.3, -0.25) is 4.79 Å². The predicted molar refractivity (Wildman–Crippen MR) is 89.2 cm³/mol. The lowest BCUT2D eigenvalue weighted by Gasteiger charge is -2.12. The first-order valence-corrected chi connectivity index (χ1v) is 7.79. The molecule has 3 heteroatoms. The summed E-state index contributed by atoms with van der Waals surface area (Å²) in [6.07, 6.45) is 0. The third kappa shape index (κ3) is 4.18. The first-order chi connectivity index (χ1) is 9.97. The Kier molecular flexibility index (Phi) is 5.18. The number of ether oxygens (including phenoxy) is 1. The van der Waals surface area contributed by atoms with Crippen molar-refractivity contribution in [3.05, 3.63) is 63.6 Å². The summed E-state index contributed by atoms with van der Waals surface area (Å²) >= 11 is 3.36. The number of benzene rings is 2. The second-order valence-corrected chi connectivity index (χ2v) is 6.31. The largest absolute Gasteiger partial charge is 0.485 e. The molecule has 0 N–H and O–H groups in total. The van der Waals surface area contributed by atoms with Gasteiger partial charge in [0.1, 0.15) is 5.75 Å². The lowest BCUT2D eigenvalue weighted by Crippen LogP contribution is -2.12. The smallest absolute Gasteiger partial charge is 0.200 e. The van der Waals surface area contributed by atoms with Crippen molar-refractivity contribution in [1.29, 1.82) is 0 Å². The van der Waals surface area contributed by atoms with Gasteiger partial charge in [-0.25, -0.2) is 0 Å². The summed E-state index contributed by atoms with van der Waals surface area (Å²) < 4.78 is 6.67. The van der Waals surface area contributed by atoms with E-state index in [-0.39, 0.29) is 12.4 Å². The molecular weight excluding hydrogens is 328 g/mol.